The molecule has 0 saturated carbocycles. The van der Waals surface area contributed by atoms with Gasteiger partial charge in [-0.3, -0.25) is 4.79 Å². The number of aromatic nitrogens is 2. The van der Waals surface area contributed by atoms with Gasteiger partial charge in [0, 0.05) is 11.5 Å². The van der Waals surface area contributed by atoms with Gasteiger partial charge in [-0.15, -0.1) is 0 Å². The number of H-pyrrole nitrogens is 1. The number of carbonyl (C=O) groups excluding carboxylic acids is 1. The van der Waals surface area contributed by atoms with Crippen LogP contribution in [0.15, 0.2) is 22.7 Å². The van der Waals surface area contributed by atoms with Crippen molar-refractivity contribution in [2.75, 3.05) is 25.6 Å². The summed E-state index contributed by atoms with van der Waals surface area (Å²) in [6, 6.07) is 5.77. The van der Waals surface area contributed by atoms with Gasteiger partial charge in [-0.25, -0.2) is 4.98 Å². The maximum Gasteiger partial charge on any atom is 0.325 e. The van der Waals surface area contributed by atoms with E-state index in [-0.39, 0.29) is 12.5 Å². The summed E-state index contributed by atoms with van der Waals surface area (Å²) in [5.41, 5.74) is 1.78. The Labute approximate surface area is 107 Å². The van der Waals surface area contributed by atoms with Crippen molar-refractivity contribution >= 4 is 38.9 Å². The molecule has 6 heteroatoms. The number of imidazole rings is 1. The fraction of sp³-hybridized carbons (Fsp3) is 0.273. The molecule has 90 valence electrons. The van der Waals surface area contributed by atoms with Crippen LogP contribution in [0.1, 0.15) is 0 Å². The Balaban J connectivity index is 2.27. The minimum absolute atomic E-state index is 0.164. The number of likely N-dealkylation sites (N-methyl/N-ethyl adjacent to an activating group) is 1. The van der Waals surface area contributed by atoms with E-state index in [2.05, 4.69) is 30.6 Å². The Morgan fingerprint density at radius 2 is 2.35 bits per heavy atom. The summed E-state index contributed by atoms with van der Waals surface area (Å²) in [7, 11) is 3.15. The normalized spacial score (nSPS) is 10.5. The van der Waals surface area contributed by atoms with Crippen LogP contribution in [-0.4, -0.2) is 36.6 Å². The van der Waals surface area contributed by atoms with E-state index in [0.717, 1.165) is 15.5 Å². The number of hydrogen-bond donors (Lipinski definition) is 1. The summed E-state index contributed by atoms with van der Waals surface area (Å²) in [4.78, 5) is 20.4. The van der Waals surface area contributed by atoms with Gasteiger partial charge in [-0.1, -0.05) is 15.9 Å². The van der Waals surface area contributed by atoms with Crippen molar-refractivity contribution in [1.29, 1.82) is 0 Å². The van der Waals surface area contributed by atoms with E-state index in [4.69, 9.17) is 0 Å². The van der Waals surface area contributed by atoms with Crippen molar-refractivity contribution in [2.45, 2.75) is 0 Å². The van der Waals surface area contributed by atoms with E-state index in [1.54, 1.807) is 11.9 Å². The average molecular weight is 298 g/mol. The number of carbonyl (C=O) groups is 1. The lowest BCUT2D eigenvalue weighted by atomic mass is 10.3. The SMILES string of the molecule is COC(=O)CN(C)c1nc2ccc(Br)cc2[nH]1. The molecule has 0 unspecified atom stereocenters. The molecular weight excluding hydrogens is 286 g/mol. The lowest BCUT2D eigenvalue weighted by molar-refractivity contribution is -0.138. The Hall–Kier alpha value is -1.56. The highest BCUT2D eigenvalue weighted by Gasteiger charge is 2.11. The van der Waals surface area contributed by atoms with Gasteiger partial charge in [0.25, 0.3) is 0 Å². The van der Waals surface area contributed by atoms with Gasteiger partial charge < -0.3 is 14.6 Å². The summed E-state index contributed by atoms with van der Waals surface area (Å²) < 4.78 is 5.59. The van der Waals surface area contributed by atoms with Gasteiger partial charge >= 0.3 is 5.97 Å². The molecule has 1 N–H and O–H groups in total. The van der Waals surface area contributed by atoms with Gasteiger partial charge in [0.05, 0.1) is 18.1 Å². The molecule has 2 rings (SSSR count). The molecule has 0 bridgehead atoms. The maximum atomic E-state index is 11.2. The van der Waals surface area contributed by atoms with Crippen LogP contribution in [0, 0.1) is 0 Å². The molecular formula is C11H12BrN3O2. The zero-order chi connectivity index (χ0) is 12.4. The molecule has 17 heavy (non-hydrogen) atoms. The number of methoxy groups -OCH3 is 1. The second-order valence-corrected chi connectivity index (χ2v) is 4.57. The number of benzene rings is 1. The minimum Gasteiger partial charge on any atom is -0.468 e. The number of anilines is 1. The van der Waals surface area contributed by atoms with Gasteiger partial charge in [0.2, 0.25) is 5.95 Å². The molecule has 0 aliphatic rings. The molecule has 5 nitrogen and oxygen atoms in total. The van der Waals surface area contributed by atoms with Gasteiger partial charge in [-0.05, 0) is 18.2 Å². The Bertz CT molecular complexity index is 553. The topological polar surface area (TPSA) is 58.2 Å². The summed E-state index contributed by atoms with van der Waals surface area (Å²) in [6.45, 7) is 0.164. The van der Waals surface area contributed by atoms with Crippen LogP contribution < -0.4 is 4.90 Å². The molecule has 0 aliphatic heterocycles. The number of nitrogens with zero attached hydrogens (tertiary/aromatic N) is 2. The quantitative estimate of drug-likeness (QED) is 0.880. The third kappa shape index (κ3) is 2.58. The molecule has 0 fully saturated rings. The average Bonchev–Trinajstić information content (AvgIpc) is 2.71. The summed E-state index contributed by atoms with van der Waals surface area (Å²) >= 11 is 3.39. The highest BCUT2D eigenvalue weighted by Crippen LogP contribution is 2.20. The first-order chi connectivity index (χ1) is 8.10. The number of aromatic amines is 1. The molecule has 1 aromatic heterocycles. The highest BCUT2D eigenvalue weighted by molar-refractivity contribution is 9.10. The zero-order valence-electron chi connectivity index (χ0n) is 9.53. The van der Waals surface area contributed by atoms with Crippen LogP contribution >= 0.6 is 15.9 Å². The van der Waals surface area contributed by atoms with E-state index in [1.807, 2.05) is 18.2 Å². The largest absolute Gasteiger partial charge is 0.468 e. The van der Waals surface area contributed by atoms with Crippen LogP contribution in [0.3, 0.4) is 0 Å². The second kappa shape index (κ2) is 4.75. The molecule has 1 heterocycles. The van der Waals surface area contributed by atoms with Crippen molar-refractivity contribution in [2.24, 2.45) is 0 Å². The lowest BCUT2D eigenvalue weighted by Gasteiger charge is -2.13. The van der Waals surface area contributed by atoms with E-state index >= 15 is 0 Å². The molecule has 0 spiro atoms. The van der Waals surface area contributed by atoms with E-state index in [9.17, 15) is 4.79 Å². The lowest BCUT2D eigenvalue weighted by Crippen LogP contribution is -2.27. The van der Waals surface area contributed by atoms with Crippen LogP contribution in [0.4, 0.5) is 5.95 Å². The Kier molecular flexibility index (Phi) is 3.33. The number of nitrogens with one attached hydrogen (secondary N) is 1. The van der Waals surface area contributed by atoms with Crippen LogP contribution in [0.25, 0.3) is 11.0 Å². The number of hydrogen-bond acceptors (Lipinski definition) is 4. The van der Waals surface area contributed by atoms with E-state index < -0.39 is 0 Å². The van der Waals surface area contributed by atoms with Gasteiger partial charge in [0.1, 0.15) is 6.54 Å². The van der Waals surface area contributed by atoms with Gasteiger partial charge in [-0.2, -0.15) is 0 Å². The molecule has 1 aromatic carbocycles. The standard InChI is InChI=1S/C11H12BrN3O2/c1-15(6-10(16)17-2)11-13-8-4-3-7(12)5-9(8)14-11/h3-5H,6H2,1-2H3,(H,13,14). The van der Waals surface area contributed by atoms with Gasteiger partial charge in [0.15, 0.2) is 0 Å². The van der Waals surface area contributed by atoms with E-state index in [0.29, 0.717) is 5.95 Å². The Morgan fingerprint density at radius 3 is 3.06 bits per heavy atom. The predicted octanol–water partition coefficient (Wildman–Crippen LogP) is 1.93. The number of rotatable bonds is 3. The molecule has 0 saturated heterocycles. The highest BCUT2D eigenvalue weighted by atomic mass is 79.9. The molecule has 0 aliphatic carbocycles. The third-order valence-electron chi connectivity index (χ3n) is 2.39. The van der Waals surface area contributed by atoms with Crippen molar-refractivity contribution in [1.82, 2.24) is 9.97 Å². The number of esters is 1. The summed E-state index contributed by atoms with van der Waals surface area (Å²) in [5.74, 6) is 0.345. The van der Waals surface area contributed by atoms with Crippen molar-refractivity contribution in [3.05, 3.63) is 22.7 Å². The minimum atomic E-state index is -0.297. The predicted molar refractivity (Wildman–Crippen MR) is 69.1 cm³/mol. The van der Waals surface area contributed by atoms with Crippen LogP contribution in [-0.2, 0) is 9.53 Å². The van der Waals surface area contributed by atoms with Crippen LogP contribution in [0.5, 0.6) is 0 Å². The smallest absolute Gasteiger partial charge is 0.325 e. The number of fused-ring (bicyclic) bond motifs is 1. The number of halogens is 1. The van der Waals surface area contributed by atoms with Crippen molar-refractivity contribution in [3.63, 3.8) is 0 Å². The van der Waals surface area contributed by atoms with Crippen molar-refractivity contribution < 1.29 is 9.53 Å². The first kappa shape index (κ1) is 11.9. The molecule has 0 amide bonds. The summed E-state index contributed by atoms with van der Waals surface area (Å²) in [6.07, 6.45) is 0. The maximum absolute atomic E-state index is 11.2. The molecule has 2 aromatic rings. The first-order valence-electron chi connectivity index (χ1n) is 5.03. The van der Waals surface area contributed by atoms with Crippen molar-refractivity contribution in [3.8, 4) is 0 Å². The summed E-state index contributed by atoms with van der Waals surface area (Å²) in [5, 5.41) is 0. The monoisotopic (exact) mass is 297 g/mol. The fourth-order valence-corrected chi connectivity index (χ4v) is 1.84. The third-order valence-corrected chi connectivity index (χ3v) is 2.88. The van der Waals surface area contributed by atoms with Crippen LogP contribution in [0.2, 0.25) is 0 Å². The number of ether oxygens (including phenoxy) is 1. The fourth-order valence-electron chi connectivity index (χ4n) is 1.48. The molecule has 0 atom stereocenters. The Morgan fingerprint density at radius 1 is 1.59 bits per heavy atom. The second-order valence-electron chi connectivity index (χ2n) is 3.65. The van der Waals surface area contributed by atoms with E-state index in [1.165, 1.54) is 7.11 Å². The molecule has 0 radical (unpaired) electrons. The first-order valence-corrected chi connectivity index (χ1v) is 5.82. The zero-order valence-corrected chi connectivity index (χ0v) is 11.1.